The zero-order valence-corrected chi connectivity index (χ0v) is 19.7. The van der Waals surface area contributed by atoms with Crippen LogP contribution in [-0.2, 0) is 32.7 Å². The zero-order valence-electron chi connectivity index (χ0n) is 19.7. The molecular weight excluding hydrogens is 465 g/mol. The minimum Gasteiger partial charge on any atom is -0.366 e. The topological polar surface area (TPSA) is 64.2 Å². The highest BCUT2D eigenvalue weighted by Gasteiger charge is 2.30. The van der Waals surface area contributed by atoms with Gasteiger partial charge >= 0.3 is 6.18 Å². The van der Waals surface area contributed by atoms with Gasteiger partial charge in [0.15, 0.2) is 0 Å². The third kappa shape index (κ3) is 4.64. The lowest BCUT2D eigenvalue weighted by Gasteiger charge is -2.29. The summed E-state index contributed by atoms with van der Waals surface area (Å²) in [6.45, 7) is 2.46. The average molecular weight is 491 g/mol. The number of halogens is 3. The number of fused-ring (bicyclic) bond motifs is 1. The van der Waals surface area contributed by atoms with Gasteiger partial charge in [-0.05, 0) is 51.9 Å². The number of benzene rings is 3. The average Bonchev–Trinajstić information content (AvgIpc) is 3.26. The molecule has 0 radical (unpaired) electrons. The van der Waals surface area contributed by atoms with E-state index in [1.54, 1.807) is 18.3 Å². The number of rotatable bonds is 5. The molecule has 8 heteroatoms. The first-order chi connectivity index (χ1) is 17.2. The van der Waals surface area contributed by atoms with Gasteiger partial charge < -0.3 is 10.3 Å². The van der Waals surface area contributed by atoms with Crippen molar-refractivity contribution in [2.45, 2.75) is 25.7 Å². The van der Waals surface area contributed by atoms with E-state index >= 15 is 0 Å². The van der Waals surface area contributed by atoms with Crippen LogP contribution >= 0.6 is 0 Å². The highest BCUT2D eigenvalue weighted by atomic mass is 19.4. The number of alkyl halides is 3. The quantitative estimate of drug-likeness (QED) is 0.406. The van der Waals surface area contributed by atoms with Crippen molar-refractivity contribution in [2.75, 3.05) is 6.54 Å². The van der Waals surface area contributed by atoms with Crippen molar-refractivity contribution in [1.82, 2.24) is 14.5 Å². The maximum Gasteiger partial charge on any atom is 0.416 e. The second-order valence-corrected chi connectivity index (χ2v) is 9.07. The largest absolute Gasteiger partial charge is 0.416 e. The molecule has 0 fully saturated rings. The van der Waals surface area contributed by atoms with Gasteiger partial charge in [0.05, 0.1) is 17.7 Å². The molecule has 1 aromatic heterocycles. The van der Waals surface area contributed by atoms with Gasteiger partial charge in [-0.15, -0.1) is 0 Å². The fraction of sp³-hybridized carbons (Fsp3) is 0.214. The molecule has 36 heavy (non-hydrogen) atoms. The molecule has 4 aromatic rings. The number of hydrogen-bond donors (Lipinski definition) is 1. The summed E-state index contributed by atoms with van der Waals surface area (Å²) in [6, 6.07) is 16.2. The van der Waals surface area contributed by atoms with Gasteiger partial charge in [0, 0.05) is 32.5 Å². The lowest BCUT2D eigenvalue weighted by molar-refractivity contribution is -0.137. The summed E-state index contributed by atoms with van der Waals surface area (Å²) >= 11 is 0. The number of nitrogens with two attached hydrogens (primary N) is 1. The molecule has 2 N–H and O–H groups in total. The lowest BCUT2D eigenvalue weighted by Crippen LogP contribution is -2.31. The first kappa shape index (κ1) is 23.8. The van der Waals surface area contributed by atoms with Crippen molar-refractivity contribution in [3.05, 3.63) is 101 Å². The maximum atomic E-state index is 13.0. The fourth-order valence-electron chi connectivity index (χ4n) is 4.80. The molecule has 3 aromatic carbocycles. The molecule has 5 nitrogen and oxygen atoms in total. The normalized spacial score (nSPS) is 14.0. The monoisotopic (exact) mass is 490 g/mol. The Morgan fingerprint density at radius 2 is 1.69 bits per heavy atom. The van der Waals surface area contributed by atoms with Crippen LogP contribution in [0.1, 0.15) is 32.9 Å². The molecule has 1 aliphatic heterocycles. The van der Waals surface area contributed by atoms with Gasteiger partial charge in [0.2, 0.25) is 5.91 Å². The molecule has 1 aliphatic rings. The number of carbonyl (C=O) groups is 1. The molecule has 0 atom stereocenters. The molecule has 5 rings (SSSR count). The summed E-state index contributed by atoms with van der Waals surface area (Å²) in [4.78, 5) is 19.3. The molecule has 0 bridgehead atoms. The van der Waals surface area contributed by atoms with Crippen molar-refractivity contribution in [1.29, 1.82) is 0 Å². The van der Waals surface area contributed by atoms with Crippen molar-refractivity contribution in [2.24, 2.45) is 12.8 Å². The van der Waals surface area contributed by atoms with E-state index in [4.69, 9.17) is 5.73 Å². The second-order valence-electron chi connectivity index (χ2n) is 9.07. The summed E-state index contributed by atoms with van der Waals surface area (Å²) in [5.74, 6) is 0.390. The Labute approximate surface area is 207 Å². The Balaban J connectivity index is 1.46. The van der Waals surface area contributed by atoms with Gasteiger partial charge in [-0.25, -0.2) is 4.98 Å². The van der Waals surface area contributed by atoms with Crippen LogP contribution in [0.15, 0.2) is 73.1 Å². The van der Waals surface area contributed by atoms with Gasteiger partial charge in [-0.2, -0.15) is 13.2 Å². The number of imidazole rings is 1. The highest BCUT2D eigenvalue weighted by molar-refractivity contribution is 6.06. The summed E-state index contributed by atoms with van der Waals surface area (Å²) in [6.07, 6.45) is 0.171. The Hall–Kier alpha value is -3.91. The van der Waals surface area contributed by atoms with Crippen LogP contribution in [-0.4, -0.2) is 26.9 Å². The minimum absolute atomic E-state index is 0.296. The number of aromatic nitrogens is 2. The molecule has 0 aliphatic carbocycles. The Bertz CT molecular complexity index is 1420. The Kier molecular flexibility index (Phi) is 6.14. The van der Waals surface area contributed by atoms with E-state index in [9.17, 15) is 18.0 Å². The smallest absolute Gasteiger partial charge is 0.366 e. The van der Waals surface area contributed by atoms with Crippen molar-refractivity contribution < 1.29 is 18.0 Å². The molecule has 1 amide bonds. The number of hydrogen-bond acceptors (Lipinski definition) is 3. The van der Waals surface area contributed by atoms with Crippen LogP contribution in [0.25, 0.3) is 22.3 Å². The van der Waals surface area contributed by atoms with E-state index < -0.39 is 17.6 Å². The number of nitrogens with zero attached hydrogens (tertiary/aromatic N) is 3. The van der Waals surface area contributed by atoms with Crippen LogP contribution in [0, 0.1) is 0 Å². The summed E-state index contributed by atoms with van der Waals surface area (Å²) in [5.41, 5.74) is 10.3. The van der Waals surface area contributed by atoms with Gasteiger partial charge in [0.1, 0.15) is 5.82 Å². The standard InChI is InChI=1S/C28H25F3N4O/c1-34-14-12-33-25(34)17-35-13-11-19-15-20(5-6-21(19)16-35)24-4-2-3-23(26(24)27(32)36)18-7-9-22(10-8-18)28(29,30)31/h2-10,12,14-15H,11,13,16-17H2,1H3,(H2,32,36). The number of amides is 1. The number of primary amides is 1. The summed E-state index contributed by atoms with van der Waals surface area (Å²) < 4.78 is 41.0. The van der Waals surface area contributed by atoms with E-state index in [2.05, 4.69) is 22.0 Å². The van der Waals surface area contributed by atoms with Gasteiger partial charge in [0.25, 0.3) is 0 Å². The third-order valence-corrected chi connectivity index (χ3v) is 6.73. The van der Waals surface area contributed by atoms with E-state index in [-0.39, 0.29) is 0 Å². The van der Waals surface area contributed by atoms with Gasteiger partial charge in [-0.1, -0.05) is 48.5 Å². The first-order valence-electron chi connectivity index (χ1n) is 11.6. The molecule has 184 valence electrons. The van der Waals surface area contributed by atoms with Crippen LogP contribution in [0.3, 0.4) is 0 Å². The number of carbonyl (C=O) groups excluding carboxylic acids is 1. The molecule has 0 saturated heterocycles. The molecule has 0 unspecified atom stereocenters. The lowest BCUT2D eigenvalue weighted by atomic mass is 9.88. The Morgan fingerprint density at radius 3 is 2.33 bits per heavy atom. The van der Waals surface area contributed by atoms with Crippen LogP contribution in [0.2, 0.25) is 0 Å². The maximum absolute atomic E-state index is 13.0. The van der Waals surface area contributed by atoms with Crippen LogP contribution in [0.5, 0.6) is 0 Å². The van der Waals surface area contributed by atoms with Crippen molar-refractivity contribution in [3.8, 4) is 22.3 Å². The molecule has 0 spiro atoms. The highest BCUT2D eigenvalue weighted by Crippen LogP contribution is 2.36. The minimum atomic E-state index is -4.43. The fourth-order valence-corrected chi connectivity index (χ4v) is 4.80. The third-order valence-electron chi connectivity index (χ3n) is 6.73. The van der Waals surface area contributed by atoms with Crippen molar-refractivity contribution in [3.63, 3.8) is 0 Å². The molecule has 0 saturated carbocycles. The summed E-state index contributed by atoms with van der Waals surface area (Å²) in [5, 5.41) is 0. The van der Waals surface area contributed by atoms with E-state index in [1.165, 1.54) is 23.3 Å². The van der Waals surface area contributed by atoms with E-state index in [1.807, 2.05) is 29.9 Å². The second kappa shape index (κ2) is 9.28. The van der Waals surface area contributed by atoms with Crippen molar-refractivity contribution >= 4 is 5.91 Å². The Morgan fingerprint density at radius 1 is 1.00 bits per heavy atom. The molecular formula is C28H25F3N4O. The molecule has 2 heterocycles. The first-order valence-corrected chi connectivity index (χ1v) is 11.6. The predicted molar refractivity (Wildman–Crippen MR) is 132 cm³/mol. The SMILES string of the molecule is Cn1ccnc1CN1CCc2cc(-c3cccc(-c4ccc(C(F)(F)F)cc4)c3C(N)=O)ccc2C1. The van der Waals surface area contributed by atoms with Crippen LogP contribution < -0.4 is 5.73 Å². The predicted octanol–water partition coefficient (Wildman–Crippen LogP) is 5.43. The number of aryl methyl sites for hydroxylation is 1. The van der Waals surface area contributed by atoms with E-state index in [0.29, 0.717) is 22.3 Å². The zero-order chi connectivity index (χ0) is 25.4. The summed E-state index contributed by atoms with van der Waals surface area (Å²) in [7, 11) is 1.99. The van der Waals surface area contributed by atoms with Gasteiger partial charge in [-0.3, -0.25) is 9.69 Å². The van der Waals surface area contributed by atoms with Crippen LogP contribution in [0.4, 0.5) is 13.2 Å². The van der Waals surface area contributed by atoms with E-state index in [0.717, 1.165) is 49.6 Å².